The Hall–Kier alpha value is -4.25. The van der Waals surface area contributed by atoms with Crippen LogP contribution >= 0.6 is 0 Å². The Bertz CT molecular complexity index is 1300. The summed E-state index contributed by atoms with van der Waals surface area (Å²) >= 11 is 0. The lowest BCUT2D eigenvalue weighted by Gasteiger charge is -2.34. The van der Waals surface area contributed by atoms with Crippen LogP contribution in [0, 0.1) is 13.8 Å². The highest BCUT2D eigenvalue weighted by Crippen LogP contribution is 2.31. The summed E-state index contributed by atoms with van der Waals surface area (Å²) in [6, 6.07) is 5.50. The van der Waals surface area contributed by atoms with Crippen LogP contribution in [0.25, 0.3) is 0 Å². The minimum Gasteiger partial charge on any atom is -0.448 e. The fraction of sp³-hybridized carbons (Fsp3) is 0.292. The van der Waals surface area contributed by atoms with Crippen LogP contribution in [-0.4, -0.2) is 64.0 Å². The van der Waals surface area contributed by atoms with Crippen LogP contribution < -0.4 is 25.6 Å². The molecule has 180 valence electrons. The maximum Gasteiger partial charge on any atom is 0.292 e. The van der Waals surface area contributed by atoms with Crippen molar-refractivity contribution in [2.75, 3.05) is 54.1 Å². The Kier molecular flexibility index (Phi) is 5.91. The Labute approximate surface area is 203 Å². The van der Waals surface area contributed by atoms with E-state index in [4.69, 9.17) is 9.72 Å². The Morgan fingerprint density at radius 2 is 1.83 bits per heavy atom. The first-order valence-corrected chi connectivity index (χ1v) is 11.3. The average molecular weight is 474 g/mol. The molecule has 5 heterocycles. The van der Waals surface area contributed by atoms with Gasteiger partial charge in [0, 0.05) is 37.9 Å². The number of nitrogens with one attached hydrogen (secondary N) is 3. The molecule has 0 atom stereocenters. The maximum absolute atomic E-state index is 11.8. The van der Waals surface area contributed by atoms with Gasteiger partial charge in [-0.15, -0.1) is 0 Å². The number of anilines is 6. The van der Waals surface area contributed by atoms with E-state index in [9.17, 15) is 4.79 Å². The van der Waals surface area contributed by atoms with Crippen molar-refractivity contribution in [2.24, 2.45) is 0 Å². The van der Waals surface area contributed by atoms with Gasteiger partial charge in [0.1, 0.15) is 17.5 Å². The second-order valence-electron chi connectivity index (χ2n) is 8.65. The second kappa shape index (κ2) is 9.18. The minimum atomic E-state index is -0.422. The number of piperazine rings is 1. The van der Waals surface area contributed by atoms with Gasteiger partial charge in [0.05, 0.1) is 11.9 Å². The summed E-state index contributed by atoms with van der Waals surface area (Å²) in [6.07, 6.45) is 3.53. The van der Waals surface area contributed by atoms with E-state index in [1.165, 1.54) is 0 Å². The van der Waals surface area contributed by atoms with Crippen LogP contribution in [0.4, 0.5) is 34.9 Å². The number of amides is 1. The number of aryl methyl sites for hydroxylation is 2. The van der Waals surface area contributed by atoms with E-state index in [0.717, 1.165) is 48.8 Å². The smallest absolute Gasteiger partial charge is 0.292 e. The summed E-state index contributed by atoms with van der Waals surface area (Å²) in [4.78, 5) is 34.6. The molecule has 11 nitrogen and oxygen atoms in total. The van der Waals surface area contributed by atoms with Gasteiger partial charge in [0.15, 0.2) is 17.3 Å². The topological polar surface area (TPSA) is 120 Å². The van der Waals surface area contributed by atoms with Crippen molar-refractivity contribution < 1.29 is 9.53 Å². The molecule has 35 heavy (non-hydrogen) atoms. The lowest BCUT2D eigenvalue weighted by molar-refractivity contribution is -0.115. The molecule has 3 aromatic rings. The van der Waals surface area contributed by atoms with Crippen molar-refractivity contribution >= 4 is 40.8 Å². The number of aromatic nitrogens is 4. The van der Waals surface area contributed by atoms with Gasteiger partial charge < -0.3 is 30.5 Å². The number of ether oxygens (including phenoxy) is 1. The van der Waals surface area contributed by atoms with Gasteiger partial charge in [-0.05, 0) is 44.7 Å². The summed E-state index contributed by atoms with van der Waals surface area (Å²) in [5.41, 5.74) is 2.74. The highest BCUT2D eigenvalue weighted by molar-refractivity contribution is 6.04. The number of carbonyl (C=O) groups is 1. The molecule has 0 spiro atoms. The average Bonchev–Trinajstić information content (AvgIpc) is 2.83. The van der Waals surface area contributed by atoms with Crippen molar-refractivity contribution in [1.29, 1.82) is 0 Å². The fourth-order valence-electron chi connectivity index (χ4n) is 3.91. The minimum absolute atomic E-state index is 0.0312. The number of carbonyl (C=O) groups excluding carboxylic acids is 1. The number of pyridine rings is 2. The predicted molar refractivity (Wildman–Crippen MR) is 135 cm³/mol. The molecular formula is C24H27N9O2. The molecular weight excluding hydrogens is 446 g/mol. The molecule has 0 radical (unpaired) electrons. The second-order valence-corrected chi connectivity index (χ2v) is 8.65. The summed E-state index contributed by atoms with van der Waals surface area (Å²) in [5.74, 6) is 2.89. The van der Waals surface area contributed by atoms with Gasteiger partial charge >= 0.3 is 0 Å². The predicted octanol–water partition coefficient (Wildman–Crippen LogP) is 2.97. The van der Waals surface area contributed by atoms with Crippen LogP contribution in [0.3, 0.4) is 0 Å². The number of likely N-dealkylation sites (N-methyl/N-ethyl adjacent to an activating group) is 1. The van der Waals surface area contributed by atoms with E-state index < -0.39 is 5.91 Å². The third-order valence-electron chi connectivity index (χ3n) is 5.90. The summed E-state index contributed by atoms with van der Waals surface area (Å²) < 4.78 is 5.38. The van der Waals surface area contributed by atoms with Gasteiger partial charge in [-0.25, -0.2) is 15.0 Å². The first-order chi connectivity index (χ1) is 16.9. The first-order valence-electron chi connectivity index (χ1n) is 11.3. The van der Waals surface area contributed by atoms with Crippen molar-refractivity contribution in [1.82, 2.24) is 24.8 Å². The number of hydrogen-bond donors (Lipinski definition) is 3. The van der Waals surface area contributed by atoms with Gasteiger partial charge in [-0.1, -0.05) is 6.58 Å². The molecule has 2 aliphatic rings. The van der Waals surface area contributed by atoms with Gasteiger partial charge in [0.25, 0.3) is 5.91 Å². The van der Waals surface area contributed by atoms with Gasteiger partial charge in [0.2, 0.25) is 5.95 Å². The van der Waals surface area contributed by atoms with E-state index in [2.05, 4.69) is 67.3 Å². The molecule has 1 fully saturated rings. The molecule has 1 saturated heterocycles. The van der Waals surface area contributed by atoms with E-state index in [1.807, 2.05) is 6.92 Å². The molecule has 0 unspecified atom stereocenters. The van der Waals surface area contributed by atoms with Crippen LogP contribution in [0.1, 0.15) is 11.1 Å². The van der Waals surface area contributed by atoms with Crippen LogP contribution in [-0.2, 0) is 4.79 Å². The summed E-state index contributed by atoms with van der Waals surface area (Å²) in [6.45, 7) is 11.5. The maximum atomic E-state index is 11.8. The normalized spacial score (nSPS) is 15.8. The zero-order valence-corrected chi connectivity index (χ0v) is 19.9. The molecule has 0 saturated carbocycles. The monoisotopic (exact) mass is 473 g/mol. The fourth-order valence-corrected chi connectivity index (χ4v) is 3.91. The molecule has 0 aromatic carbocycles. The Balaban J connectivity index is 1.31. The van der Waals surface area contributed by atoms with E-state index >= 15 is 0 Å². The Morgan fingerprint density at radius 1 is 1.03 bits per heavy atom. The van der Waals surface area contributed by atoms with Gasteiger partial charge in [-0.3, -0.25) is 4.79 Å². The number of fused-ring (bicyclic) bond motifs is 1. The summed E-state index contributed by atoms with van der Waals surface area (Å²) in [7, 11) is 2.14. The highest BCUT2D eigenvalue weighted by atomic mass is 16.5. The molecule has 0 bridgehead atoms. The quantitative estimate of drug-likeness (QED) is 0.477. The van der Waals surface area contributed by atoms with Gasteiger partial charge in [-0.2, -0.15) is 4.98 Å². The zero-order chi connectivity index (χ0) is 24.5. The third-order valence-corrected chi connectivity index (χ3v) is 5.90. The van der Waals surface area contributed by atoms with E-state index in [1.54, 1.807) is 24.5 Å². The van der Waals surface area contributed by atoms with Crippen LogP contribution in [0.15, 0.2) is 42.9 Å². The number of nitrogens with zero attached hydrogens (tertiary/aromatic N) is 6. The van der Waals surface area contributed by atoms with Crippen molar-refractivity contribution in [3.05, 3.63) is 54.1 Å². The molecule has 2 aliphatic heterocycles. The number of hydrogen-bond acceptors (Lipinski definition) is 10. The lowest BCUT2D eigenvalue weighted by atomic mass is 10.2. The van der Waals surface area contributed by atoms with Crippen molar-refractivity contribution in [2.45, 2.75) is 13.8 Å². The highest BCUT2D eigenvalue weighted by Gasteiger charge is 2.22. The molecule has 3 aromatic heterocycles. The van der Waals surface area contributed by atoms with E-state index in [-0.39, 0.29) is 5.76 Å². The molecule has 1 amide bonds. The SMILES string of the molecule is C=C1Oc2ccc(Nc3nc(Nc4cnc(N5CCN(C)CC5)c(C)c4)ncc3C)nc2NC1=O. The van der Waals surface area contributed by atoms with Crippen molar-refractivity contribution in [3.63, 3.8) is 0 Å². The number of rotatable bonds is 5. The van der Waals surface area contributed by atoms with Crippen molar-refractivity contribution in [3.8, 4) is 5.75 Å². The zero-order valence-electron chi connectivity index (χ0n) is 19.9. The molecule has 3 N–H and O–H groups in total. The Morgan fingerprint density at radius 3 is 2.60 bits per heavy atom. The van der Waals surface area contributed by atoms with E-state index in [0.29, 0.717) is 29.2 Å². The third kappa shape index (κ3) is 4.85. The first kappa shape index (κ1) is 22.5. The standard InChI is InChI=1S/C24H27N9O2/c1-14-11-17(13-25-22(14)33-9-7-32(4)8-10-33)27-24-26-12-15(2)20(31-24)28-19-6-5-18-21(29-19)30-23(34)16(3)35-18/h5-6,11-13H,3,7-10H2,1-2,4H3,(H3,26,27,28,29,30,31,34). The molecule has 11 heteroatoms. The van der Waals surface area contributed by atoms with Crippen LogP contribution in [0.5, 0.6) is 5.75 Å². The lowest BCUT2D eigenvalue weighted by Crippen LogP contribution is -2.45. The molecule has 5 rings (SSSR count). The molecule has 0 aliphatic carbocycles. The largest absolute Gasteiger partial charge is 0.448 e. The van der Waals surface area contributed by atoms with Crippen LogP contribution in [0.2, 0.25) is 0 Å². The summed E-state index contributed by atoms with van der Waals surface area (Å²) in [5, 5.41) is 9.08.